The van der Waals surface area contributed by atoms with Crippen LogP contribution in [0.5, 0.6) is 0 Å². The Kier molecular flexibility index (Phi) is 3.66. The summed E-state index contributed by atoms with van der Waals surface area (Å²) in [4.78, 5) is 16.9. The van der Waals surface area contributed by atoms with Gasteiger partial charge in [0.25, 0.3) is 0 Å². The number of nitrogens with zero attached hydrogens (tertiary/aromatic N) is 3. The van der Waals surface area contributed by atoms with Crippen LogP contribution in [-0.4, -0.2) is 26.0 Å². The van der Waals surface area contributed by atoms with Gasteiger partial charge in [-0.3, -0.25) is 0 Å². The van der Waals surface area contributed by atoms with Crippen LogP contribution in [0.1, 0.15) is 24.8 Å². The smallest absolute Gasteiger partial charge is 0.182 e. The predicted molar refractivity (Wildman–Crippen MR) is 104 cm³/mol. The highest BCUT2D eigenvalue weighted by molar-refractivity contribution is 5.80. The van der Waals surface area contributed by atoms with Gasteiger partial charge in [0.15, 0.2) is 5.65 Å². The van der Waals surface area contributed by atoms with Gasteiger partial charge in [-0.15, -0.1) is 0 Å². The van der Waals surface area contributed by atoms with Crippen molar-refractivity contribution in [3.8, 4) is 0 Å². The third-order valence-corrected chi connectivity index (χ3v) is 4.96. The molecule has 3 aromatic heterocycles. The molecule has 130 valence electrons. The van der Waals surface area contributed by atoms with Crippen molar-refractivity contribution in [3.63, 3.8) is 0 Å². The zero-order valence-electron chi connectivity index (χ0n) is 14.4. The number of pyridine rings is 1. The zero-order chi connectivity index (χ0) is 17.3. The molecule has 3 N–H and O–H groups in total. The number of fused-ring (bicyclic) bond motifs is 2. The van der Waals surface area contributed by atoms with Crippen molar-refractivity contribution in [3.05, 3.63) is 54.4 Å². The molecule has 0 aliphatic heterocycles. The number of rotatable bonds is 5. The van der Waals surface area contributed by atoms with Gasteiger partial charge < -0.3 is 15.6 Å². The van der Waals surface area contributed by atoms with Crippen LogP contribution in [0.4, 0.5) is 11.6 Å². The molecule has 0 bridgehead atoms. The molecule has 0 unspecified atom stereocenters. The predicted octanol–water partition coefficient (Wildman–Crippen LogP) is 4.08. The van der Waals surface area contributed by atoms with Crippen LogP contribution in [0.15, 0.2) is 48.8 Å². The largest absolute Gasteiger partial charge is 0.367 e. The Morgan fingerprint density at radius 1 is 1.04 bits per heavy atom. The van der Waals surface area contributed by atoms with E-state index in [-0.39, 0.29) is 0 Å². The number of aromatic nitrogens is 4. The Morgan fingerprint density at radius 3 is 2.85 bits per heavy atom. The minimum absolute atomic E-state index is 0.553. The van der Waals surface area contributed by atoms with Gasteiger partial charge in [-0.1, -0.05) is 12.1 Å². The molecule has 0 spiro atoms. The van der Waals surface area contributed by atoms with Crippen LogP contribution in [-0.2, 0) is 6.54 Å². The fourth-order valence-electron chi connectivity index (χ4n) is 3.22. The van der Waals surface area contributed by atoms with Gasteiger partial charge in [-0.25, -0.2) is 15.0 Å². The molecular formula is C20H20N6. The Balaban J connectivity index is 1.34. The van der Waals surface area contributed by atoms with Crippen molar-refractivity contribution in [2.45, 2.75) is 31.8 Å². The number of aromatic amines is 1. The third kappa shape index (κ3) is 2.94. The summed E-state index contributed by atoms with van der Waals surface area (Å²) < 4.78 is 0. The second-order valence-corrected chi connectivity index (χ2v) is 6.82. The van der Waals surface area contributed by atoms with Gasteiger partial charge in [0.2, 0.25) is 0 Å². The second kappa shape index (κ2) is 6.29. The lowest BCUT2D eigenvalue weighted by atomic mass is 9.93. The average Bonchev–Trinajstić information content (AvgIpc) is 3.10. The standard InChI is InChI=1S/C20H20N6/c1-2-15(3-1)24-18-7-6-16-20(25-18)26-19(12-22-16)23-11-13-4-5-14-8-9-21-17(14)10-13/h4-10,12,15,21H,1-3,11H2,(H2,23,24,25,26). The normalized spacial score (nSPS) is 14.5. The van der Waals surface area contributed by atoms with Gasteiger partial charge >= 0.3 is 0 Å². The summed E-state index contributed by atoms with van der Waals surface area (Å²) in [5, 5.41) is 8.02. The second-order valence-electron chi connectivity index (χ2n) is 6.82. The molecule has 1 aliphatic rings. The molecule has 1 aliphatic carbocycles. The quantitative estimate of drug-likeness (QED) is 0.508. The lowest BCUT2D eigenvalue weighted by Gasteiger charge is -2.26. The van der Waals surface area contributed by atoms with Crippen LogP contribution in [0.25, 0.3) is 22.1 Å². The van der Waals surface area contributed by atoms with Gasteiger partial charge in [0, 0.05) is 24.3 Å². The van der Waals surface area contributed by atoms with Crippen LogP contribution < -0.4 is 10.6 Å². The number of hydrogen-bond donors (Lipinski definition) is 3. The van der Waals surface area contributed by atoms with E-state index in [1.165, 1.54) is 30.2 Å². The number of hydrogen-bond acceptors (Lipinski definition) is 5. The van der Waals surface area contributed by atoms with E-state index in [9.17, 15) is 0 Å². The SMILES string of the molecule is c1cc2ccc(CNc3cnc4ccc(NC5CCC5)nc4n3)cc2[nH]1. The summed E-state index contributed by atoms with van der Waals surface area (Å²) >= 11 is 0. The highest BCUT2D eigenvalue weighted by Crippen LogP contribution is 2.23. The molecule has 0 saturated heterocycles. The first kappa shape index (κ1) is 15.1. The van der Waals surface area contributed by atoms with E-state index >= 15 is 0 Å². The van der Waals surface area contributed by atoms with Crippen LogP contribution >= 0.6 is 0 Å². The Morgan fingerprint density at radius 2 is 1.96 bits per heavy atom. The van der Waals surface area contributed by atoms with E-state index in [4.69, 9.17) is 0 Å². The van der Waals surface area contributed by atoms with Crippen molar-refractivity contribution in [1.29, 1.82) is 0 Å². The molecule has 0 radical (unpaired) electrons. The lowest BCUT2D eigenvalue weighted by molar-refractivity contribution is 0.444. The Hall–Kier alpha value is -3.15. The van der Waals surface area contributed by atoms with Crippen molar-refractivity contribution in [1.82, 2.24) is 19.9 Å². The molecule has 3 heterocycles. The lowest BCUT2D eigenvalue weighted by Crippen LogP contribution is -2.27. The molecule has 6 nitrogen and oxygen atoms in total. The highest BCUT2D eigenvalue weighted by Gasteiger charge is 2.17. The van der Waals surface area contributed by atoms with Crippen molar-refractivity contribution >= 4 is 33.7 Å². The van der Waals surface area contributed by atoms with Gasteiger partial charge in [-0.2, -0.15) is 0 Å². The molecule has 4 aromatic rings. The number of nitrogens with one attached hydrogen (secondary N) is 3. The zero-order valence-corrected chi connectivity index (χ0v) is 14.4. The first-order chi connectivity index (χ1) is 12.8. The Labute approximate surface area is 151 Å². The van der Waals surface area contributed by atoms with Crippen LogP contribution in [0, 0.1) is 0 Å². The molecule has 0 amide bonds. The number of benzene rings is 1. The van der Waals surface area contributed by atoms with Crippen molar-refractivity contribution < 1.29 is 0 Å². The van der Waals surface area contributed by atoms with Crippen LogP contribution in [0.2, 0.25) is 0 Å². The van der Waals surface area contributed by atoms with E-state index in [0.29, 0.717) is 18.2 Å². The Bertz CT molecular complexity index is 1070. The molecule has 1 fully saturated rings. The summed E-state index contributed by atoms with van der Waals surface area (Å²) in [5.74, 6) is 1.61. The maximum Gasteiger partial charge on any atom is 0.182 e. The minimum Gasteiger partial charge on any atom is -0.367 e. The number of anilines is 2. The first-order valence-electron chi connectivity index (χ1n) is 9.04. The van der Waals surface area contributed by atoms with E-state index in [1.54, 1.807) is 6.20 Å². The first-order valence-corrected chi connectivity index (χ1v) is 9.04. The highest BCUT2D eigenvalue weighted by atomic mass is 15.1. The molecule has 0 atom stereocenters. The molecule has 26 heavy (non-hydrogen) atoms. The van der Waals surface area contributed by atoms with E-state index in [0.717, 1.165) is 22.7 Å². The van der Waals surface area contributed by atoms with Gasteiger partial charge in [-0.05, 0) is 54.5 Å². The molecule has 1 aromatic carbocycles. The fourth-order valence-corrected chi connectivity index (χ4v) is 3.22. The average molecular weight is 344 g/mol. The monoisotopic (exact) mass is 344 g/mol. The van der Waals surface area contributed by atoms with Crippen LogP contribution in [0.3, 0.4) is 0 Å². The van der Waals surface area contributed by atoms with Gasteiger partial charge in [0.1, 0.15) is 17.2 Å². The topological polar surface area (TPSA) is 78.5 Å². The molecule has 1 saturated carbocycles. The maximum absolute atomic E-state index is 4.62. The number of H-pyrrole nitrogens is 1. The molecule has 5 rings (SSSR count). The van der Waals surface area contributed by atoms with E-state index in [1.807, 2.05) is 18.3 Å². The molecular weight excluding hydrogens is 324 g/mol. The summed E-state index contributed by atoms with van der Waals surface area (Å²) in [5.41, 5.74) is 3.80. The summed E-state index contributed by atoms with van der Waals surface area (Å²) in [6, 6.07) is 13.0. The van der Waals surface area contributed by atoms with Gasteiger partial charge in [0.05, 0.1) is 6.20 Å². The van der Waals surface area contributed by atoms with Crippen molar-refractivity contribution in [2.75, 3.05) is 10.6 Å². The summed E-state index contributed by atoms with van der Waals surface area (Å²) in [6.45, 7) is 0.690. The van der Waals surface area contributed by atoms with Crippen molar-refractivity contribution in [2.24, 2.45) is 0 Å². The third-order valence-electron chi connectivity index (χ3n) is 4.96. The summed E-state index contributed by atoms with van der Waals surface area (Å²) in [6.07, 6.45) is 7.46. The fraction of sp³-hybridized carbons (Fsp3) is 0.250. The van der Waals surface area contributed by atoms with E-state index < -0.39 is 0 Å². The van der Waals surface area contributed by atoms with E-state index in [2.05, 4.69) is 54.8 Å². The minimum atomic E-state index is 0.553. The maximum atomic E-state index is 4.62. The molecule has 6 heteroatoms. The summed E-state index contributed by atoms with van der Waals surface area (Å²) in [7, 11) is 0.